The Morgan fingerprint density at radius 2 is 2.14 bits per heavy atom. The zero-order valence-corrected chi connectivity index (χ0v) is 21.9. The van der Waals surface area contributed by atoms with Crippen LogP contribution in [0, 0.1) is 10.1 Å². The number of benzene rings is 1. The number of thiophene rings is 1. The number of nitrogens with zero attached hydrogens (tertiary/aromatic N) is 3. The molecule has 3 aromatic heterocycles. The molecule has 1 unspecified atom stereocenters. The minimum atomic E-state index is -0.650. The quantitative estimate of drug-likeness (QED) is 0.194. The molecule has 0 spiro atoms. The lowest BCUT2D eigenvalue weighted by Gasteiger charge is -2.23. The fraction of sp³-hybridized carbons (Fsp3) is 0.160. The van der Waals surface area contributed by atoms with E-state index in [2.05, 4.69) is 4.99 Å². The first kappa shape index (κ1) is 24.9. The Morgan fingerprint density at radius 1 is 1.32 bits per heavy atom. The smallest absolute Gasteiger partial charge is 0.338 e. The molecular weight excluding hydrogens is 538 g/mol. The Balaban J connectivity index is 1.59. The third-order valence-electron chi connectivity index (χ3n) is 5.66. The van der Waals surface area contributed by atoms with Crippen LogP contribution in [0.25, 0.3) is 17.4 Å². The molecule has 5 rings (SSSR count). The number of rotatable bonds is 6. The van der Waals surface area contributed by atoms with Crippen LogP contribution in [0.1, 0.15) is 30.5 Å². The summed E-state index contributed by atoms with van der Waals surface area (Å²) in [7, 11) is 0. The van der Waals surface area contributed by atoms with Crippen molar-refractivity contribution in [2.24, 2.45) is 4.99 Å². The van der Waals surface area contributed by atoms with E-state index in [9.17, 15) is 19.7 Å². The van der Waals surface area contributed by atoms with E-state index in [-0.39, 0.29) is 22.9 Å². The lowest BCUT2D eigenvalue weighted by molar-refractivity contribution is -0.384. The largest absolute Gasteiger partial charge is 0.463 e. The summed E-state index contributed by atoms with van der Waals surface area (Å²) < 4.78 is 13.0. The van der Waals surface area contributed by atoms with E-state index in [1.54, 1.807) is 32.1 Å². The van der Waals surface area contributed by atoms with Crippen LogP contribution in [0.15, 0.2) is 73.3 Å². The van der Waals surface area contributed by atoms with Crippen molar-refractivity contribution >= 4 is 52.0 Å². The fourth-order valence-electron chi connectivity index (χ4n) is 4.03. The normalized spacial score (nSPS) is 15.4. The monoisotopic (exact) mass is 555 g/mol. The molecule has 0 bridgehead atoms. The topological polar surface area (TPSA) is 117 Å². The van der Waals surface area contributed by atoms with Gasteiger partial charge in [0.1, 0.15) is 17.6 Å². The number of allylic oxidation sites excluding steroid dienone is 1. The molecule has 1 aromatic carbocycles. The Morgan fingerprint density at radius 3 is 2.81 bits per heavy atom. The maximum atomic E-state index is 13.6. The Labute approximate surface area is 222 Å². The van der Waals surface area contributed by atoms with Crippen LogP contribution in [0.5, 0.6) is 0 Å². The fourth-order valence-corrected chi connectivity index (χ4v) is 6.15. The molecule has 188 valence electrons. The van der Waals surface area contributed by atoms with Crippen molar-refractivity contribution in [3.8, 4) is 11.3 Å². The van der Waals surface area contributed by atoms with Crippen molar-refractivity contribution in [3.05, 3.63) is 105 Å². The Bertz CT molecular complexity index is 1750. The van der Waals surface area contributed by atoms with Gasteiger partial charge in [-0.25, -0.2) is 9.79 Å². The lowest BCUT2D eigenvalue weighted by atomic mass is 10.0. The number of non-ortho nitro benzene ring substituents is 1. The molecule has 0 fully saturated rings. The number of ether oxygens (including phenoxy) is 1. The molecule has 1 aliphatic heterocycles. The summed E-state index contributed by atoms with van der Waals surface area (Å²) in [5.41, 5.74) is 0.872. The van der Waals surface area contributed by atoms with Crippen molar-refractivity contribution in [1.29, 1.82) is 0 Å². The second-order valence-electron chi connectivity index (χ2n) is 7.94. The maximum Gasteiger partial charge on any atom is 0.338 e. The average Bonchev–Trinajstić information content (AvgIpc) is 3.60. The van der Waals surface area contributed by atoms with E-state index in [4.69, 9.17) is 20.8 Å². The minimum Gasteiger partial charge on any atom is -0.463 e. The van der Waals surface area contributed by atoms with Gasteiger partial charge in [0.2, 0.25) is 0 Å². The standard InChI is InChI=1S/C25H18ClN3O6S2/c1-3-34-24(31)21-13(2)27-25-28(22(21)19-5-4-10-36-19)23(30)20(37-25)12-15-7-9-18(35-15)16-8-6-14(29(32)33)11-17(16)26/h4-12,22H,3H2,1-2H3. The molecule has 37 heavy (non-hydrogen) atoms. The summed E-state index contributed by atoms with van der Waals surface area (Å²) in [4.78, 5) is 42.7. The number of carbonyl (C=O) groups excluding carboxylic acids is 1. The lowest BCUT2D eigenvalue weighted by Crippen LogP contribution is -2.39. The number of nitro benzene ring substituents is 1. The second-order valence-corrected chi connectivity index (χ2v) is 10.3. The van der Waals surface area contributed by atoms with Gasteiger partial charge in [-0.2, -0.15) is 0 Å². The Kier molecular flexibility index (Phi) is 6.67. The molecule has 0 saturated carbocycles. The second kappa shape index (κ2) is 9.92. The number of aromatic nitrogens is 1. The zero-order chi connectivity index (χ0) is 26.3. The van der Waals surface area contributed by atoms with Crippen LogP contribution < -0.4 is 14.9 Å². The highest BCUT2D eigenvalue weighted by atomic mass is 35.5. The first-order valence-electron chi connectivity index (χ1n) is 11.1. The van der Waals surface area contributed by atoms with Gasteiger partial charge in [-0.05, 0) is 43.5 Å². The molecular formula is C25H18ClN3O6S2. The number of hydrogen-bond donors (Lipinski definition) is 0. The molecule has 1 aliphatic rings. The van der Waals surface area contributed by atoms with Crippen molar-refractivity contribution in [2.75, 3.05) is 6.61 Å². The van der Waals surface area contributed by atoms with Crippen LogP contribution >= 0.6 is 34.3 Å². The van der Waals surface area contributed by atoms with Crippen LogP contribution in [-0.2, 0) is 9.53 Å². The third-order valence-corrected chi connectivity index (χ3v) is 7.88. The SMILES string of the molecule is CCOC(=O)C1=C(C)N=c2sc(=Cc3ccc(-c4ccc([N+](=O)[O-])cc4Cl)o3)c(=O)n2C1c1cccs1. The molecule has 0 aliphatic carbocycles. The van der Waals surface area contributed by atoms with Crippen molar-refractivity contribution in [2.45, 2.75) is 19.9 Å². The van der Waals surface area contributed by atoms with Gasteiger partial charge in [0.05, 0.1) is 32.4 Å². The van der Waals surface area contributed by atoms with Gasteiger partial charge < -0.3 is 9.15 Å². The van der Waals surface area contributed by atoms with Gasteiger partial charge in [-0.3, -0.25) is 19.5 Å². The van der Waals surface area contributed by atoms with E-state index in [1.807, 2.05) is 17.5 Å². The average molecular weight is 556 g/mol. The maximum absolute atomic E-state index is 13.6. The van der Waals surface area contributed by atoms with Gasteiger partial charge in [0.15, 0.2) is 4.80 Å². The number of halogens is 1. The predicted octanol–water partition coefficient (Wildman–Crippen LogP) is 4.68. The van der Waals surface area contributed by atoms with Gasteiger partial charge in [-0.15, -0.1) is 11.3 Å². The number of carbonyl (C=O) groups is 1. The molecule has 0 saturated heterocycles. The van der Waals surface area contributed by atoms with Crippen LogP contribution in [0.3, 0.4) is 0 Å². The number of fused-ring (bicyclic) bond motifs is 1. The van der Waals surface area contributed by atoms with Gasteiger partial charge in [-0.1, -0.05) is 29.0 Å². The third kappa shape index (κ3) is 4.57. The summed E-state index contributed by atoms with van der Waals surface area (Å²) in [5.74, 6) is 0.284. The van der Waals surface area contributed by atoms with Crippen molar-refractivity contribution in [1.82, 2.24) is 4.57 Å². The van der Waals surface area contributed by atoms with Crippen LogP contribution in [0.4, 0.5) is 5.69 Å². The number of thiazole rings is 1. The first-order chi connectivity index (χ1) is 17.8. The van der Waals surface area contributed by atoms with E-state index < -0.39 is 16.9 Å². The summed E-state index contributed by atoms with van der Waals surface area (Å²) in [6.07, 6.45) is 1.60. The Hall–Kier alpha value is -3.80. The summed E-state index contributed by atoms with van der Waals surface area (Å²) in [6, 6.07) is 10.5. The van der Waals surface area contributed by atoms with Crippen molar-refractivity contribution < 1.29 is 18.9 Å². The molecule has 4 aromatic rings. The molecule has 1 atom stereocenters. The van der Waals surface area contributed by atoms with Crippen molar-refractivity contribution in [3.63, 3.8) is 0 Å². The molecule has 0 N–H and O–H groups in total. The highest BCUT2D eigenvalue weighted by Gasteiger charge is 2.33. The first-order valence-corrected chi connectivity index (χ1v) is 13.1. The molecule has 12 heteroatoms. The minimum absolute atomic E-state index is 0.126. The van der Waals surface area contributed by atoms with E-state index in [1.165, 1.54) is 45.4 Å². The van der Waals surface area contributed by atoms with E-state index in [0.29, 0.717) is 37.7 Å². The number of nitro groups is 1. The van der Waals surface area contributed by atoms with Gasteiger partial charge in [0.25, 0.3) is 11.2 Å². The number of furan rings is 1. The summed E-state index contributed by atoms with van der Waals surface area (Å²) in [5, 5.41) is 13.0. The van der Waals surface area contributed by atoms with Crippen LogP contribution in [0.2, 0.25) is 5.02 Å². The van der Waals surface area contributed by atoms with E-state index in [0.717, 1.165) is 4.88 Å². The summed E-state index contributed by atoms with van der Waals surface area (Å²) >= 11 is 8.86. The highest BCUT2D eigenvalue weighted by molar-refractivity contribution is 7.10. The molecule has 0 amide bonds. The molecule has 4 heterocycles. The molecule has 9 nitrogen and oxygen atoms in total. The molecule has 0 radical (unpaired) electrons. The predicted molar refractivity (Wildman–Crippen MR) is 141 cm³/mol. The highest BCUT2D eigenvalue weighted by Crippen LogP contribution is 2.34. The number of hydrogen-bond acceptors (Lipinski definition) is 9. The van der Waals surface area contributed by atoms with Gasteiger partial charge >= 0.3 is 5.97 Å². The van der Waals surface area contributed by atoms with E-state index >= 15 is 0 Å². The number of esters is 1. The summed E-state index contributed by atoms with van der Waals surface area (Å²) in [6.45, 7) is 3.66. The van der Waals surface area contributed by atoms with Crippen LogP contribution in [-0.4, -0.2) is 22.1 Å². The van der Waals surface area contributed by atoms with Gasteiger partial charge in [0, 0.05) is 28.6 Å². The zero-order valence-electron chi connectivity index (χ0n) is 19.5.